The van der Waals surface area contributed by atoms with E-state index in [9.17, 15) is 38.4 Å². The maximum Gasteiger partial charge on any atom is 0.272 e. The van der Waals surface area contributed by atoms with Crippen LogP contribution in [0.15, 0.2) is 103 Å². The van der Waals surface area contributed by atoms with Crippen LogP contribution in [0.25, 0.3) is 22.3 Å². The fourth-order valence-electron chi connectivity index (χ4n) is 11.4. The van der Waals surface area contributed by atoms with Crippen LogP contribution < -0.4 is 42.5 Å². The van der Waals surface area contributed by atoms with E-state index in [-0.39, 0.29) is 43.2 Å². The molecular formula is C60H72N12O8. The third-order valence-corrected chi connectivity index (χ3v) is 16.0. The lowest BCUT2D eigenvalue weighted by atomic mass is 9.85. The van der Waals surface area contributed by atoms with Crippen molar-refractivity contribution in [2.45, 2.75) is 122 Å². The first-order valence-corrected chi connectivity index (χ1v) is 27.4. The Balaban J connectivity index is 0.920. The first-order chi connectivity index (χ1) is 38.2. The van der Waals surface area contributed by atoms with Gasteiger partial charge in [-0.2, -0.15) is 5.10 Å². The van der Waals surface area contributed by atoms with Crippen molar-refractivity contribution in [2.75, 3.05) is 27.2 Å². The number of carbonyl (C=O) groups is 8. The molecule has 420 valence electrons. The minimum atomic E-state index is -1.06. The number of nitrogens with one attached hydrogen (secondary N) is 9. The van der Waals surface area contributed by atoms with Crippen LogP contribution in [0.2, 0.25) is 0 Å². The van der Waals surface area contributed by atoms with Crippen LogP contribution in [0, 0.1) is 11.3 Å². The van der Waals surface area contributed by atoms with Crippen molar-refractivity contribution in [3.63, 3.8) is 0 Å². The van der Waals surface area contributed by atoms with E-state index < -0.39 is 113 Å². The molecule has 0 spiro atoms. The molecular weight excluding hydrogens is 1020 g/mol. The normalized spacial score (nSPS) is 19.9. The molecule has 20 nitrogen and oxygen atoms in total. The first-order valence-electron chi connectivity index (χ1n) is 27.4. The van der Waals surface area contributed by atoms with Gasteiger partial charge in [0.2, 0.25) is 35.4 Å². The summed E-state index contributed by atoms with van der Waals surface area (Å²) in [6.45, 7) is 12.3. The van der Waals surface area contributed by atoms with Crippen molar-refractivity contribution in [3.05, 3.63) is 137 Å². The molecule has 9 rings (SSSR count). The standard InChI is InChI=1S/C60H72N12O8/c1-31(2)48(65-52(73)32(3)61-8)58(79)71-29-34(26-46(71)56(77)66-49-40-22-14-10-18-36(40)37-19-11-15-23-41(37)49)63-54(75)44-28-45(70-69-44)55(76)64-35-27-47(72(30-35)59(80)51(60(5,6)7)68-53(74)33(4)62-9)57(78)67-50-42-24-16-12-20-38(42)39-21-13-17-25-43(39)50/h10-25,28,31-35,46-51,61-62H,26-27,29-30H2,1-9H3,(H,63,75)(H,64,76)(H,65,73)(H,66,77)(H,67,78)(H,68,74)(H,69,70)/t32-,33-,34-,35-,46?,47-,48+,51-/m0/s1. The zero-order valence-electron chi connectivity index (χ0n) is 46.6. The Labute approximate surface area is 465 Å². The molecule has 20 heteroatoms. The summed E-state index contributed by atoms with van der Waals surface area (Å²) in [5, 5.41) is 30.7. The van der Waals surface area contributed by atoms with Crippen LogP contribution in [-0.4, -0.2) is 143 Å². The van der Waals surface area contributed by atoms with E-state index in [1.165, 1.54) is 15.9 Å². The predicted molar refractivity (Wildman–Crippen MR) is 300 cm³/mol. The Kier molecular flexibility index (Phi) is 16.4. The van der Waals surface area contributed by atoms with E-state index in [0.29, 0.717) is 0 Å². The maximum atomic E-state index is 14.8. The smallest absolute Gasteiger partial charge is 0.272 e. The van der Waals surface area contributed by atoms with Gasteiger partial charge in [0.1, 0.15) is 29.9 Å². The van der Waals surface area contributed by atoms with Crippen molar-refractivity contribution in [2.24, 2.45) is 11.3 Å². The van der Waals surface area contributed by atoms with Crippen LogP contribution in [-0.2, 0) is 28.8 Å². The second kappa shape index (κ2) is 23.2. The van der Waals surface area contributed by atoms with Crippen molar-refractivity contribution >= 4 is 47.3 Å². The zero-order chi connectivity index (χ0) is 57.3. The molecule has 2 aliphatic heterocycles. The molecule has 1 aromatic heterocycles. The highest BCUT2D eigenvalue weighted by molar-refractivity contribution is 6.00. The van der Waals surface area contributed by atoms with Gasteiger partial charge in [0.15, 0.2) is 5.69 Å². The summed E-state index contributed by atoms with van der Waals surface area (Å²) in [4.78, 5) is 116. The molecule has 2 fully saturated rings. The van der Waals surface area contributed by atoms with E-state index in [1.807, 2.05) is 118 Å². The highest BCUT2D eigenvalue weighted by atomic mass is 16.2. The maximum absolute atomic E-state index is 14.8. The van der Waals surface area contributed by atoms with Gasteiger partial charge in [0, 0.05) is 31.2 Å². The number of rotatable bonds is 17. The molecule has 9 N–H and O–H groups in total. The Morgan fingerprint density at radius 2 is 0.950 bits per heavy atom. The minimum absolute atomic E-state index is 0.0276. The number of amides is 8. The Bertz CT molecular complexity index is 3130. The van der Waals surface area contributed by atoms with Gasteiger partial charge < -0.3 is 52.3 Å². The highest BCUT2D eigenvalue weighted by Crippen LogP contribution is 2.45. The lowest BCUT2D eigenvalue weighted by Gasteiger charge is -2.36. The largest absolute Gasteiger partial charge is 0.346 e. The second-order valence-corrected chi connectivity index (χ2v) is 22.8. The lowest BCUT2D eigenvalue weighted by Crippen LogP contribution is -2.59. The van der Waals surface area contributed by atoms with Gasteiger partial charge in [-0.1, -0.05) is 132 Å². The van der Waals surface area contributed by atoms with Crippen LogP contribution in [0.4, 0.5) is 0 Å². The molecule has 3 heterocycles. The molecule has 0 radical (unpaired) electrons. The Morgan fingerprint density at radius 1 is 0.550 bits per heavy atom. The van der Waals surface area contributed by atoms with E-state index >= 15 is 0 Å². The van der Waals surface area contributed by atoms with Crippen LogP contribution in [0.5, 0.6) is 0 Å². The highest BCUT2D eigenvalue weighted by Gasteiger charge is 2.48. The number of likely N-dealkylation sites (tertiary alicyclic amines) is 2. The fourth-order valence-corrected chi connectivity index (χ4v) is 11.4. The van der Waals surface area contributed by atoms with Gasteiger partial charge in [-0.15, -0.1) is 0 Å². The van der Waals surface area contributed by atoms with Gasteiger partial charge in [-0.3, -0.25) is 43.5 Å². The monoisotopic (exact) mass is 1090 g/mol. The quantitative estimate of drug-likeness (QED) is 0.0651. The molecule has 1 unspecified atom stereocenters. The van der Waals surface area contributed by atoms with Gasteiger partial charge in [-0.25, -0.2) is 0 Å². The molecule has 2 saturated heterocycles. The summed E-state index contributed by atoms with van der Waals surface area (Å²) in [5.41, 5.74) is 6.57. The molecule has 4 aliphatic rings. The summed E-state index contributed by atoms with van der Waals surface area (Å²) in [7, 11) is 3.28. The average Bonchev–Trinajstić information content (AvgIpc) is 4.38. The van der Waals surface area contributed by atoms with E-state index in [0.717, 1.165) is 44.5 Å². The molecule has 0 saturated carbocycles. The number of H-pyrrole nitrogens is 1. The van der Waals surface area contributed by atoms with Crippen molar-refractivity contribution < 1.29 is 38.4 Å². The molecule has 0 bridgehead atoms. The number of benzene rings is 4. The van der Waals surface area contributed by atoms with Crippen LogP contribution >= 0.6 is 0 Å². The summed E-state index contributed by atoms with van der Waals surface area (Å²) in [5.74, 6) is -4.34. The van der Waals surface area contributed by atoms with Crippen molar-refractivity contribution in [3.8, 4) is 22.3 Å². The van der Waals surface area contributed by atoms with E-state index in [1.54, 1.807) is 41.8 Å². The zero-order valence-corrected chi connectivity index (χ0v) is 46.6. The first kappa shape index (κ1) is 56.5. The number of fused-ring (bicyclic) bond motifs is 6. The van der Waals surface area contributed by atoms with Crippen LogP contribution in [0.1, 0.15) is 117 Å². The summed E-state index contributed by atoms with van der Waals surface area (Å²) in [6.07, 6.45) is 0.0578. The number of hydrogen-bond acceptors (Lipinski definition) is 11. The predicted octanol–water partition coefficient (Wildman–Crippen LogP) is 3.47. The molecule has 80 heavy (non-hydrogen) atoms. The Hall–Kier alpha value is -8.23. The van der Waals surface area contributed by atoms with Gasteiger partial charge >= 0.3 is 0 Å². The number of hydrogen-bond donors (Lipinski definition) is 9. The topological polar surface area (TPSA) is 268 Å². The Morgan fingerprint density at radius 3 is 1.36 bits per heavy atom. The average molecular weight is 1090 g/mol. The molecule has 8 amide bonds. The van der Waals surface area contributed by atoms with Crippen molar-refractivity contribution in [1.29, 1.82) is 0 Å². The number of carbonyl (C=O) groups excluding carboxylic acids is 8. The second-order valence-electron chi connectivity index (χ2n) is 22.8. The summed E-state index contributed by atoms with van der Waals surface area (Å²) >= 11 is 0. The van der Waals surface area contributed by atoms with Crippen molar-refractivity contribution in [1.82, 2.24) is 62.5 Å². The summed E-state index contributed by atoms with van der Waals surface area (Å²) in [6, 6.07) is 24.6. The van der Waals surface area contributed by atoms with E-state index in [2.05, 4.69) is 52.7 Å². The SMILES string of the molecule is CN[C@@H](C)C(=O)N[C@@H](C(=O)N1C[C@@H](NC(=O)c2cc(C(=O)N[C@H]3C[C@@H](C(=O)NC4c5ccccc5-c5ccccc54)N(C(=O)[C@H](NC(=O)[C@H](C)NC)C(C)(C)C)C3)[nH]n2)CC1C(=O)NC1c2ccccc2-c2ccccc21)C(C)C. The summed E-state index contributed by atoms with van der Waals surface area (Å²) < 4.78 is 0. The third kappa shape index (κ3) is 11.3. The fraction of sp³-hybridized carbons (Fsp3) is 0.417. The van der Waals surface area contributed by atoms with Crippen LogP contribution in [0.3, 0.4) is 0 Å². The minimum Gasteiger partial charge on any atom is -0.346 e. The molecule has 4 aromatic carbocycles. The molecule has 8 atom stereocenters. The number of nitrogens with zero attached hydrogens (tertiary/aromatic N) is 3. The molecule has 2 aliphatic carbocycles. The van der Waals surface area contributed by atoms with E-state index in [4.69, 9.17) is 0 Å². The number of likely N-dealkylation sites (N-methyl/N-ethyl adjacent to an activating group) is 2. The lowest BCUT2D eigenvalue weighted by molar-refractivity contribution is -0.144. The third-order valence-electron chi connectivity index (χ3n) is 16.0. The van der Waals surface area contributed by atoms with Gasteiger partial charge in [-0.05, 0) is 96.6 Å². The van der Waals surface area contributed by atoms with Gasteiger partial charge in [0.05, 0.1) is 24.2 Å². The number of aromatic amines is 1. The molecule has 5 aromatic rings. The van der Waals surface area contributed by atoms with Gasteiger partial charge in [0.25, 0.3) is 11.8 Å². The number of aromatic nitrogens is 2.